The normalized spacial score (nSPS) is 9.60. The number of nitrogens with zero attached hydrogens (tertiary/aromatic N) is 7. The maximum Gasteiger partial charge on any atom is 0.333 e. The van der Waals surface area contributed by atoms with Crippen LogP contribution in [-0.2, 0) is 82.8 Å². The molecule has 0 fully saturated rings. The van der Waals surface area contributed by atoms with Gasteiger partial charge in [0.2, 0.25) is 0 Å². The van der Waals surface area contributed by atoms with E-state index >= 15 is 0 Å². The number of rotatable bonds is 40. The Morgan fingerprint density at radius 3 is 0.860 bits per heavy atom. The molecule has 0 aliphatic rings. The zero-order valence-electron chi connectivity index (χ0n) is 68.8. The number of anilines is 1. The van der Waals surface area contributed by atoms with Crippen molar-refractivity contribution >= 4 is 65.6 Å². The second-order valence-electron chi connectivity index (χ2n) is 23.8. The highest BCUT2D eigenvalue weighted by Crippen LogP contribution is 2.07. The van der Waals surface area contributed by atoms with Gasteiger partial charge < -0.3 is 89.4 Å². The second-order valence-corrected chi connectivity index (χ2v) is 23.8. The van der Waals surface area contributed by atoms with Gasteiger partial charge >= 0.3 is 47.8 Å². The molecule has 610 valence electrons. The predicted molar refractivity (Wildman–Crippen MR) is 440 cm³/mol. The molecule has 0 radical (unpaired) electrons. The molecule has 0 aliphatic carbocycles. The van der Waals surface area contributed by atoms with Crippen molar-refractivity contribution in [2.45, 2.75) is 74.8 Å². The molecular weight excluding hydrogens is 1370 g/mol. The number of hydrogen-bond acceptors (Lipinski definition) is 26. The maximum atomic E-state index is 11.0. The molecule has 2 aromatic carbocycles. The van der Waals surface area contributed by atoms with Gasteiger partial charge in [-0.2, -0.15) is 0 Å². The van der Waals surface area contributed by atoms with Crippen LogP contribution >= 0.6 is 0 Å². The van der Waals surface area contributed by atoms with Crippen LogP contribution in [0.5, 0.6) is 0 Å². The second kappa shape index (κ2) is 81.1. The lowest BCUT2D eigenvalue weighted by Gasteiger charge is -2.17. The fraction of sp³-hybridized carbons (Fsp3) is 0.506. The van der Waals surface area contributed by atoms with Crippen LogP contribution in [0.25, 0.3) is 12.2 Å². The van der Waals surface area contributed by atoms with Crippen molar-refractivity contribution in [3.05, 3.63) is 178 Å². The van der Waals surface area contributed by atoms with E-state index in [0.29, 0.717) is 75.0 Å². The van der Waals surface area contributed by atoms with E-state index in [9.17, 15) is 38.4 Å². The number of hydrogen-bond donors (Lipinski definition) is 3. The summed E-state index contributed by atoms with van der Waals surface area (Å²) in [5, 5.41) is 0. The summed E-state index contributed by atoms with van der Waals surface area (Å²) in [6.07, 6.45) is 10.0. The van der Waals surface area contributed by atoms with Gasteiger partial charge in [-0.3, -0.25) is 0 Å². The molecule has 26 nitrogen and oxygen atoms in total. The Bertz CT molecular complexity index is 2760. The van der Waals surface area contributed by atoms with Crippen molar-refractivity contribution in [1.29, 1.82) is 0 Å². The van der Waals surface area contributed by atoms with Crippen LogP contribution in [0.1, 0.15) is 84.9 Å². The molecule has 6 N–H and O–H groups in total. The van der Waals surface area contributed by atoms with Crippen molar-refractivity contribution < 1.29 is 76.3 Å². The summed E-state index contributed by atoms with van der Waals surface area (Å²) in [5.74, 6) is -2.75. The lowest BCUT2D eigenvalue weighted by Crippen LogP contribution is -2.27. The van der Waals surface area contributed by atoms with Gasteiger partial charge in [0.15, 0.2) is 0 Å². The van der Waals surface area contributed by atoms with Gasteiger partial charge in [-0.25, -0.2) is 38.4 Å². The lowest BCUT2D eigenvalue weighted by molar-refractivity contribution is -0.140. The number of likely N-dealkylation sites (N-methyl/N-ethyl adjacent to an activating group) is 4. The number of nitrogen functional groups attached to an aromatic ring is 1. The minimum Gasteiger partial charge on any atom is -0.462 e. The van der Waals surface area contributed by atoms with Crippen LogP contribution in [0.3, 0.4) is 0 Å². The zero-order chi connectivity index (χ0) is 84.1. The molecule has 107 heavy (non-hydrogen) atoms. The topological polar surface area (TPSA) is 311 Å². The van der Waals surface area contributed by atoms with Gasteiger partial charge in [0.1, 0.15) is 39.6 Å². The van der Waals surface area contributed by atoms with Crippen molar-refractivity contribution in [2.24, 2.45) is 11.5 Å². The molecule has 0 unspecified atom stereocenters. The Labute approximate surface area is 644 Å². The molecule has 26 heteroatoms. The van der Waals surface area contributed by atoms with E-state index in [-0.39, 0.29) is 55.0 Å². The Morgan fingerprint density at radius 2 is 0.589 bits per heavy atom. The van der Waals surface area contributed by atoms with Gasteiger partial charge in [-0.05, 0) is 166 Å². The molecule has 0 bridgehead atoms. The standard InChI is InChI=1S/C11H15N.C10H19NO2.2C9H17NO2.2C8H15NO2.C8H9N.C7H13NO2.C6H11NO2.C5H9NO2/c1-4-10-5-7-11(8-6-10)9-12(2)3;1-5-11(6-2)7-8-13-10(12)9(3)4;1-8(2)9(11)12-7-5-6-10(3)4;1-4-9(11)12-8-7-10(5-2)6-3;1-7(2)8(10)11-6-5-9(3)4;1-4-8(10)11-7-5-6-9(2)3;1-2-7-3-5-8(9)6-4-7;1-4-7(9)10-6-5-8(2)3;1-5(2)6(8)9-4-3-7;1-2-5(7)8-4-3-6/h4-8H,1,9H2,2-3H3;3,5-8H2,1-2,4H3;1,5-7H2,2-4H3;4H,1,5-8H2,2-3H3;1,5-6H2,2-4H3;4H,1,5-7H2,2-3H3;2-6H,1,9H2;4H,1,5-6H2,2-3H3;1,3-4,7H2,2H3;2H,1,3-4,6H2. The first kappa shape index (κ1) is 114. The number of ether oxygens (including phenoxy) is 8. The van der Waals surface area contributed by atoms with Gasteiger partial charge in [0, 0.05) is 111 Å². The number of nitrogens with two attached hydrogens (primary N) is 3. The smallest absolute Gasteiger partial charge is 0.333 e. The summed E-state index contributed by atoms with van der Waals surface area (Å²) in [7, 11) is 19.8. The van der Waals surface area contributed by atoms with Crippen molar-refractivity contribution in [2.75, 3.05) is 208 Å². The van der Waals surface area contributed by atoms with E-state index < -0.39 is 5.97 Å². The van der Waals surface area contributed by atoms with E-state index in [4.69, 9.17) is 45.6 Å². The van der Waals surface area contributed by atoms with Crippen LogP contribution in [0.4, 0.5) is 5.69 Å². The van der Waals surface area contributed by atoms with Crippen molar-refractivity contribution in [3.63, 3.8) is 0 Å². The van der Waals surface area contributed by atoms with E-state index in [1.807, 2.05) is 101 Å². The summed E-state index contributed by atoms with van der Waals surface area (Å²) in [6.45, 7) is 63.0. The Balaban J connectivity index is -0.000000170. The average molecular weight is 1510 g/mol. The van der Waals surface area contributed by atoms with Crippen molar-refractivity contribution in [3.8, 4) is 0 Å². The van der Waals surface area contributed by atoms with Crippen LogP contribution < -0.4 is 17.2 Å². The Hall–Kier alpha value is -8.96. The third kappa shape index (κ3) is 93.1. The largest absolute Gasteiger partial charge is 0.462 e. The molecule has 0 atom stereocenters. The van der Waals surface area contributed by atoms with Gasteiger partial charge in [-0.15, -0.1) is 0 Å². The van der Waals surface area contributed by atoms with Crippen molar-refractivity contribution in [1.82, 2.24) is 34.3 Å². The molecule has 2 rings (SSSR count). The van der Waals surface area contributed by atoms with E-state index in [1.54, 1.807) is 33.8 Å². The fourth-order valence-electron chi connectivity index (χ4n) is 6.17. The highest BCUT2D eigenvalue weighted by atomic mass is 16.6. The summed E-state index contributed by atoms with van der Waals surface area (Å²) in [5.41, 5.74) is 21.7. The first-order chi connectivity index (χ1) is 50.3. The van der Waals surface area contributed by atoms with Gasteiger partial charge in [-0.1, -0.05) is 142 Å². The van der Waals surface area contributed by atoms with Crippen LogP contribution in [0, 0.1) is 0 Å². The highest BCUT2D eigenvalue weighted by molar-refractivity contribution is 5.88. The maximum absolute atomic E-state index is 11.0. The zero-order valence-corrected chi connectivity index (χ0v) is 68.8. The highest BCUT2D eigenvalue weighted by Gasteiger charge is 2.07. The molecule has 0 saturated heterocycles. The minimum absolute atomic E-state index is 0.269. The SMILES string of the molecule is C=C(C)C(=O)OCCCN(C)C.C=C(C)C(=O)OCCN.C=C(C)C(=O)OCCN(C)C.C=C(C)C(=O)OCCN(CC)CC.C=CC(=O)OCCCN(C)C.C=CC(=O)OCCN.C=CC(=O)OCCN(C)C.C=CC(=O)OCCN(CC)CC.C=Cc1ccc(CN(C)C)cc1.C=Cc1ccc(N)cc1. The van der Waals surface area contributed by atoms with Crippen LogP contribution in [-0.4, -0.2) is 284 Å². The number of carbonyl (C=O) groups is 8. The quantitative estimate of drug-likeness (QED) is 0.0184. The predicted octanol–water partition coefficient (Wildman–Crippen LogP) is 9.22. The summed E-state index contributed by atoms with van der Waals surface area (Å²) in [4.78, 5) is 99.4. The van der Waals surface area contributed by atoms with E-state index in [1.165, 1.54) is 23.3 Å². The minimum atomic E-state index is -0.421. The molecule has 0 amide bonds. The van der Waals surface area contributed by atoms with Gasteiger partial charge in [0.25, 0.3) is 0 Å². The first-order valence-corrected chi connectivity index (χ1v) is 35.1. The van der Waals surface area contributed by atoms with Gasteiger partial charge in [0.05, 0.1) is 13.2 Å². The van der Waals surface area contributed by atoms with Crippen LogP contribution in [0.2, 0.25) is 0 Å². The number of benzene rings is 2. The monoisotopic (exact) mass is 1510 g/mol. The molecular formula is C81H140N10O16. The number of esters is 8. The Morgan fingerprint density at radius 1 is 0.346 bits per heavy atom. The molecule has 0 aliphatic heterocycles. The summed E-state index contributed by atoms with van der Waals surface area (Å²) >= 11 is 0. The third-order valence-electron chi connectivity index (χ3n) is 12.3. The number of carbonyl (C=O) groups excluding carboxylic acids is 8. The van der Waals surface area contributed by atoms with E-state index in [2.05, 4.69) is 161 Å². The molecule has 2 aromatic rings. The van der Waals surface area contributed by atoms with E-state index in [0.717, 1.165) is 108 Å². The fourth-order valence-corrected chi connectivity index (χ4v) is 6.17. The first-order valence-electron chi connectivity index (χ1n) is 35.1. The Kier molecular flexibility index (Phi) is 86.3. The molecule has 0 aromatic heterocycles. The summed E-state index contributed by atoms with van der Waals surface area (Å²) in [6, 6.07) is 16.0. The molecule has 0 heterocycles. The summed E-state index contributed by atoms with van der Waals surface area (Å²) < 4.78 is 38.0. The van der Waals surface area contributed by atoms with Crippen LogP contribution in [0.15, 0.2) is 161 Å². The molecule has 0 spiro atoms. The average Bonchev–Trinajstić information content (AvgIpc) is 0.938. The molecule has 0 saturated carbocycles. The lowest BCUT2D eigenvalue weighted by atomic mass is 10.1. The third-order valence-corrected chi connectivity index (χ3v) is 12.3.